The van der Waals surface area contributed by atoms with Gasteiger partial charge in [0.25, 0.3) is 0 Å². The number of rotatable bonds is 15. The van der Waals surface area contributed by atoms with Crippen LogP contribution in [0.2, 0.25) is 0 Å². The maximum atomic E-state index is 11.8. The summed E-state index contributed by atoms with van der Waals surface area (Å²) in [4.78, 5) is 34.4. The number of hydrogen-bond acceptors (Lipinski definition) is 10. The van der Waals surface area contributed by atoms with Crippen LogP contribution in [0.5, 0.6) is 0 Å². The monoisotopic (exact) mass is 406 g/mol. The molecule has 0 aromatic heterocycles. The first-order valence-electron chi connectivity index (χ1n) is 8.04. The van der Waals surface area contributed by atoms with Gasteiger partial charge in [0.15, 0.2) is 0 Å². The Labute approximate surface area is 162 Å². The normalized spacial score (nSPS) is 12.0. The fraction of sp³-hybridized carbons (Fsp3) is 0.588. The Morgan fingerprint density at radius 3 is 1.96 bits per heavy atom. The van der Waals surface area contributed by atoms with Crippen LogP contribution in [0.15, 0.2) is 25.3 Å². The number of esters is 3. The molecular weight excluding hydrogens is 380 g/mol. The first-order chi connectivity index (χ1) is 12.8. The number of thioether (sulfide) groups is 1. The van der Waals surface area contributed by atoms with Gasteiger partial charge in [0, 0.05) is 23.7 Å². The number of carbonyl (C=O) groups is 3. The molecule has 0 aliphatic heterocycles. The fourth-order valence-electron chi connectivity index (χ4n) is 1.56. The molecule has 9 nitrogen and oxygen atoms in total. The summed E-state index contributed by atoms with van der Waals surface area (Å²) >= 11 is 1.27. The fourth-order valence-corrected chi connectivity index (χ4v) is 2.42. The van der Waals surface area contributed by atoms with Crippen LogP contribution in [-0.4, -0.2) is 83.9 Å². The molecule has 0 aliphatic rings. The number of hydrogen-bond donors (Lipinski definition) is 3. The molecule has 0 spiro atoms. The highest BCUT2D eigenvalue weighted by Crippen LogP contribution is 2.20. The van der Waals surface area contributed by atoms with Crippen LogP contribution in [0, 0.1) is 5.41 Å². The van der Waals surface area contributed by atoms with Crippen molar-refractivity contribution in [2.24, 2.45) is 5.41 Å². The summed E-state index contributed by atoms with van der Waals surface area (Å²) in [5, 5.41) is 27.6. The van der Waals surface area contributed by atoms with E-state index in [2.05, 4.69) is 13.2 Å². The lowest BCUT2D eigenvalue weighted by Gasteiger charge is -2.29. The molecule has 0 aromatic carbocycles. The molecule has 0 amide bonds. The number of aliphatic hydroxyl groups excluding tert-OH is 3. The van der Waals surface area contributed by atoms with E-state index in [1.807, 2.05) is 0 Å². The molecule has 154 valence electrons. The molecule has 0 radical (unpaired) electrons. The minimum atomic E-state index is -1.33. The molecule has 1 atom stereocenters. The Bertz CT molecular complexity index is 483. The molecule has 0 saturated carbocycles. The maximum Gasteiger partial charge on any atom is 0.330 e. The largest absolute Gasteiger partial charge is 0.465 e. The van der Waals surface area contributed by atoms with Gasteiger partial charge in [-0.3, -0.25) is 4.79 Å². The highest BCUT2D eigenvalue weighted by Gasteiger charge is 2.35. The Kier molecular flexibility index (Phi) is 13.2. The molecule has 0 aromatic rings. The van der Waals surface area contributed by atoms with Gasteiger partial charge < -0.3 is 29.5 Å². The summed E-state index contributed by atoms with van der Waals surface area (Å²) in [5.74, 6) is -1.43. The van der Waals surface area contributed by atoms with E-state index < -0.39 is 36.0 Å². The number of carbonyl (C=O) groups excluding carboxylic acids is 3. The van der Waals surface area contributed by atoms with Gasteiger partial charge >= 0.3 is 17.9 Å². The van der Waals surface area contributed by atoms with E-state index in [0.717, 1.165) is 12.2 Å². The van der Waals surface area contributed by atoms with Crippen molar-refractivity contribution in [3.05, 3.63) is 25.3 Å². The topological polar surface area (TPSA) is 140 Å². The second kappa shape index (κ2) is 14.2. The number of ether oxygens (including phenoxy) is 3. The number of aliphatic hydroxyl groups is 3. The molecule has 0 bridgehead atoms. The lowest BCUT2D eigenvalue weighted by molar-refractivity contribution is -0.161. The molecule has 0 fully saturated rings. The standard InChI is InChI=1S/C17H26O9S/c1-3-14(21)24-10-17(9-19,11-25-15(22)4-2)12-26-16(23)5-6-27-8-13(20)7-18/h3-4,13,18-20H,1-2,5-12H2. The molecule has 0 saturated heterocycles. The summed E-state index contributed by atoms with van der Waals surface area (Å²) in [6.07, 6.45) is 1.04. The van der Waals surface area contributed by atoms with Gasteiger partial charge in [0.2, 0.25) is 0 Å². The van der Waals surface area contributed by atoms with Crippen molar-refractivity contribution in [1.82, 2.24) is 0 Å². The van der Waals surface area contributed by atoms with Gasteiger partial charge in [0.1, 0.15) is 19.8 Å². The minimum absolute atomic E-state index is 0.0310. The first kappa shape index (κ1) is 25.1. The zero-order valence-electron chi connectivity index (χ0n) is 15.0. The van der Waals surface area contributed by atoms with E-state index in [1.165, 1.54) is 11.8 Å². The lowest BCUT2D eigenvalue weighted by atomic mass is 9.92. The van der Waals surface area contributed by atoms with Crippen LogP contribution in [0.4, 0.5) is 0 Å². The van der Waals surface area contributed by atoms with Crippen LogP contribution >= 0.6 is 11.8 Å². The van der Waals surface area contributed by atoms with Gasteiger partial charge in [-0.25, -0.2) is 9.59 Å². The molecule has 1 unspecified atom stereocenters. The van der Waals surface area contributed by atoms with E-state index in [0.29, 0.717) is 5.75 Å². The smallest absolute Gasteiger partial charge is 0.330 e. The predicted molar refractivity (Wildman–Crippen MR) is 97.8 cm³/mol. The van der Waals surface area contributed by atoms with Crippen molar-refractivity contribution in [3.63, 3.8) is 0 Å². The van der Waals surface area contributed by atoms with Crippen LogP contribution in [0.25, 0.3) is 0 Å². The zero-order valence-corrected chi connectivity index (χ0v) is 15.8. The molecule has 0 heterocycles. The van der Waals surface area contributed by atoms with Gasteiger partial charge in [-0.05, 0) is 0 Å². The predicted octanol–water partition coefficient (Wildman–Crippen LogP) is -0.557. The van der Waals surface area contributed by atoms with E-state index in [4.69, 9.17) is 19.3 Å². The summed E-state index contributed by atoms with van der Waals surface area (Å²) in [6.45, 7) is 4.51. The van der Waals surface area contributed by atoms with E-state index in [-0.39, 0.29) is 38.6 Å². The molecule has 3 N–H and O–H groups in total. The van der Waals surface area contributed by atoms with Crippen LogP contribution in [0.3, 0.4) is 0 Å². The summed E-state index contributed by atoms with van der Waals surface area (Å²) in [5.41, 5.74) is -1.33. The SMILES string of the molecule is C=CC(=O)OCC(CO)(COC(=O)C=C)COC(=O)CCSCC(O)CO. The third-order valence-corrected chi connectivity index (χ3v) is 4.33. The summed E-state index contributed by atoms with van der Waals surface area (Å²) in [6, 6.07) is 0. The average Bonchev–Trinajstić information content (AvgIpc) is 2.69. The molecular formula is C17H26O9S. The van der Waals surface area contributed by atoms with Crippen molar-refractivity contribution in [1.29, 1.82) is 0 Å². The van der Waals surface area contributed by atoms with E-state index in [9.17, 15) is 24.6 Å². The van der Waals surface area contributed by atoms with E-state index >= 15 is 0 Å². The van der Waals surface area contributed by atoms with Crippen LogP contribution < -0.4 is 0 Å². The lowest BCUT2D eigenvalue weighted by Crippen LogP contribution is -2.42. The van der Waals surface area contributed by atoms with Gasteiger partial charge in [-0.1, -0.05) is 13.2 Å². The average molecular weight is 406 g/mol. The molecule has 10 heteroatoms. The minimum Gasteiger partial charge on any atom is -0.465 e. The van der Waals surface area contributed by atoms with Crippen molar-refractivity contribution in [2.45, 2.75) is 12.5 Å². The summed E-state index contributed by atoms with van der Waals surface area (Å²) in [7, 11) is 0. The van der Waals surface area contributed by atoms with E-state index in [1.54, 1.807) is 0 Å². The maximum absolute atomic E-state index is 11.8. The van der Waals surface area contributed by atoms with Gasteiger partial charge in [-0.2, -0.15) is 11.8 Å². The second-order valence-electron chi connectivity index (χ2n) is 5.60. The van der Waals surface area contributed by atoms with Gasteiger partial charge in [-0.15, -0.1) is 0 Å². The van der Waals surface area contributed by atoms with Crippen molar-refractivity contribution in [2.75, 3.05) is 44.5 Å². The Morgan fingerprint density at radius 2 is 1.52 bits per heavy atom. The highest BCUT2D eigenvalue weighted by molar-refractivity contribution is 7.99. The van der Waals surface area contributed by atoms with Crippen LogP contribution in [-0.2, 0) is 28.6 Å². The van der Waals surface area contributed by atoms with Crippen molar-refractivity contribution < 1.29 is 43.9 Å². The van der Waals surface area contributed by atoms with Crippen molar-refractivity contribution >= 4 is 29.7 Å². The molecule has 27 heavy (non-hydrogen) atoms. The Morgan fingerprint density at radius 1 is 1.00 bits per heavy atom. The molecule has 0 rings (SSSR count). The van der Waals surface area contributed by atoms with Gasteiger partial charge in [0.05, 0.1) is 31.2 Å². The third-order valence-electron chi connectivity index (χ3n) is 3.22. The Hall–Kier alpha value is -1.88. The summed E-state index contributed by atoms with van der Waals surface area (Å²) < 4.78 is 14.9. The zero-order chi connectivity index (χ0) is 20.7. The first-order valence-corrected chi connectivity index (χ1v) is 9.19. The third kappa shape index (κ3) is 11.4. The molecule has 0 aliphatic carbocycles. The second-order valence-corrected chi connectivity index (χ2v) is 6.75. The Balaban J connectivity index is 4.63. The van der Waals surface area contributed by atoms with Crippen molar-refractivity contribution in [3.8, 4) is 0 Å². The highest BCUT2D eigenvalue weighted by atomic mass is 32.2. The van der Waals surface area contributed by atoms with Crippen LogP contribution in [0.1, 0.15) is 6.42 Å². The quantitative estimate of drug-likeness (QED) is 0.140.